The summed E-state index contributed by atoms with van der Waals surface area (Å²) in [6, 6.07) is -1.33. The molecule has 4 fully saturated rings. The largest absolute Gasteiger partial charge is 0.492 e. The number of ketones is 1. The monoisotopic (exact) mass is 1410 g/mol. The highest BCUT2D eigenvalue weighted by Crippen LogP contribution is 2.49. The Morgan fingerprint density at radius 3 is 2.25 bits per heavy atom. The van der Waals surface area contributed by atoms with E-state index in [4.69, 9.17) is 66.8 Å². The minimum Gasteiger partial charge on any atom is -0.492 e. The second kappa shape index (κ2) is 32.7. The molecule has 26 nitrogen and oxygen atoms in total. The highest BCUT2D eigenvalue weighted by Gasteiger charge is 2.52. The molecule has 1 aromatic rings. The lowest BCUT2D eigenvalue weighted by molar-refractivity contribution is -0.336. The molecule has 6 aliphatic rings. The summed E-state index contributed by atoms with van der Waals surface area (Å²) in [7, 11) is 10.2. The van der Waals surface area contributed by atoms with Crippen LogP contribution in [0.4, 0.5) is 4.79 Å². The van der Waals surface area contributed by atoms with Gasteiger partial charge >= 0.3 is 12.1 Å². The van der Waals surface area contributed by atoms with Crippen LogP contribution in [-0.4, -0.2) is 229 Å². The number of aliphatic carboxylic acids is 1. The van der Waals surface area contributed by atoms with Gasteiger partial charge in [-0.25, -0.2) is 4.79 Å². The van der Waals surface area contributed by atoms with E-state index in [2.05, 4.69) is 39.8 Å². The van der Waals surface area contributed by atoms with E-state index in [9.17, 15) is 44.7 Å². The van der Waals surface area contributed by atoms with Crippen molar-refractivity contribution in [2.45, 2.75) is 169 Å². The summed E-state index contributed by atoms with van der Waals surface area (Å²) in [4.78, 5) is 58.8. The molecule has 4 heterocycles. The summed E-state index contributed by atoms with van der Waals surface area (Å²) >= 11 is 2.80. The molecule has 2 bridgehead atoms. The predicted octanol–water partition coefficient (Wildman–Crippen LogP) is 2.65. The molecule has 1 aromatic carbocycles. The number of nitrogens with one attached hydrogen (secondary N) is 3. The van der Waals surface area contributed by atoms with Gasteiger partial charge in [0.05, 0.1) is 97.0 Å². The number of methoxy groups -OCH3 is 5. The van der Waals surface area contributed by atoms with Gasteiger partial charge in [0.1, 0.15) is 42.4 Å². The van der Waals surface area contributed by atoms with Gasteiger partial charge in [-0.3, -0.25) is 24.5 Å². The van der Waals surface area contributed by atoms with Crippen LogP contribution < -0.4 is 30.3 Å². The first kappa shape index (κ1) is 71.0. The van der Waals surface area contributed by atoms with Crippen molar-refractivity contribution in [2.75, 3.05) is 60.2 Å². The molecule has 9 N–H and O–H groups in total. The molecular formula is C56H74IN3O23S4. The van der Waals surface area contributed by atoms with Crippen molar-refractivity contribution in [3.63, 3.8) is 0 Å². The van der Waals surface area contributed by atoms with Gasteiger partial charge in [0.2, 0.25) is 17.2 Å². The smallest absolute Gasteiger partial charge is 0.411 e. The minimum atomic E-state index is -2.16. The molecule has 0 aromatic heterocycles. The molecule has 1 amide bonds. The van der Waals surface area contributed by atoms with Gasteiger partial charge in [-0.2, -0.15) is 5.48 Å². The van der Waals surface area contributed by atoms with Crippen molar-refractivity contribution < 1.29 is 111 Å². The normalized spacial score (nSPS) is 35.0. The van der Waals surface area contributed by atoms with E-state index in [0.717, 1.165) is 29.7 Å². The van der Waals surface area contributed by atoms with Crippen LogP contribution >= 0.6 is 65.8 Å². The number of benzene rings is 1. The summed E-state index contributed by atoms with van der Waals surface area (Å²) in [5.41, 5.74) is 0.872. The van der Waals surface area contributed by atoms with E-state index in [1.54, 1.807) is 40.9 Å². The Balaban J connectivity index is 1.12. The molecule has 0 radical (unpaired) electrons. The summed E-state index contributed by atoms with van der Waals surface area (Å²) in [6.45, 7) is 9.28. The van der Waals surface area contributed by atoms with Gasteiger partial charge in [-0.15, -0.1) is 0 Å². The summed E-state index contributed by atoms with van der Waals surface area (Å²) in [5.74, 6) is 9.65. The zero-order valence-electron chi connectivity index (χ0n) is 49.2. The number of fused-ring (bicyclic) bond motifs is 2. The number of hydrogen-bond donors (Lipinski definition) is 9. The molecule has 4 aliphatic heterocycles. The second-order valence-corrected chi connectivity index (χ2v) is 27.1. The lowest BCUT2D eigenvalue weighted by Crippen LogP contribution is -2.65. The zero-order chi connectivity index (χ0) is 63.4. The molecule has 0 spiro atoms. The van der Waals surface area contributed by atoms with Crippen molar-refractivity contribution >= 4 is 88.7 Å². The third-order valence-electron chi connectivity index (χ3n) is 14.9. The van der Waals surface area contributed by atoms with Crippen molar-refractivity contribution in [3.8, 4) is 40.9 Å². The molecule has 7 rings (SSSR count). The topological polar surface area (TPSA) is 346 Å². The Labute approximate surface area is 533 Å². The first-order chi connectivity index (χ1) is 41.5. The number of carbonyl (C=O) groups excluding carboxylic acids is 3. The van der Waals surface area contributed by atoms with Gasteiger partial charge in [-0.1, -0.05) is 70.0 Å². The number of ether oxygens (including phenoxy) is 12. The number of amides is 1. The molecular weight excluding hydrogens is 1340 g/mol. The number of carbonyl (C=O) groups is 4. The van der Waals surface area contributed by atoms with Crippen LogP contribution in [0.15, 0.2) is 35.1 Å². The maximum absolute atomic E-state index is 14.4. The number of hydroxylamine groups is 1. The number of rotatable bonds is 24. The van der Waals surface area contributed by atoms with Crippen molar-refractivity contribution in [3.05, 3.63) is 49.8 Å². The minimum absolute atomic E-state index is 0.0132. The molecule has 482 valence electrons. The maximum atomic E-state index is 14.4. The van der Waals surface area contributed by atoms with Crippen LogP contribution in [0.1, 0.15) is 62.9 Å². The summed E-state index contributed by atoms with van der Waals surface area (Å²) in [5, 5.41) is 71.8. The van der Waals surface area contributed by atoms with Crippen LogP contribution in [0.5, 0.6) is 17.2 Å². The average molecular weight is 1410 g/mol. The van der Waals surface area contributed by atoms with Crippen LogP contribution in [0.2, 0.25) is 0 Å². The number of likely N-dealkylation sites (N-methyl/N-ethyl adjacent to an activating group) is 1. The Morgan fingerprint density at radius 2 is 1.59 bits per heavy atom. The van der Waals surface area contributed by atoms with Gasteiger partial charge < -0.3 is 92.8 Å². The molecule has 31 heteroatoms. The quantitative estimate of drug-likeness (QED) is 0.0236. The Kier molecular flexibility index (Phi) is 26.7. The van der Waals surface area contributed by atoms with Crippen molar-refractivity contribution in [1.82, 2.24) is 16.1 Å². The Morgan fingerprint density at radius 1 is 0.862 bits per heavy atom. The van der Waals surface area contributed by atoms with Crippen LogP contribution in [0.25, 0.3) is 0 Å². The molecule has 19 atom stereocenters. The predicted molar refractivity (Wildman–Crippen MR) is 326 cm³/mol. The molecule has 2 aliphatic carbocycles. The van der Waals surface area contributed by atoms with E-state index in [1.165, 1.54) is 54.1 Å². The Bertz CT molecular complexity index is 2840. The van der Waals surface area contributed by atoms with E-state index in [-0.39, 0.29) is 76.7 Å². The van der Waals surface area contributed by atoms with Crippen LogP contribution in [-0.2, 0) is 57.1 Å². The average Bonchev–Trinajstić information content (AvgIpc) is 1.18. The Hall–Kier alpha value is -3.47. The SMILES string of the molecule is CCN[C@H]1CO[C@@H](O[C@H]2[C@H](O[C@H]3C#C/C=C\C#C[C@]4(O)CC(=O)C(NC(=O)OC)=C3/C4=C\CSSSCC(=O)O)O[C@H](C)[C@@H](NO[C@H]3C[C@H](O)[C@H](SC(=O)c4c(C)c(I)c(O[C@@H]5O[C@@H](C)[C@H](O)[C@@H](OC)[C@H]5O)c(OC)c4OC)[C@@H](C)O3)[C@@H]2O)C[C@@H]1OC. The standard InChI is InChI=1S/C56H74IN3O23S4/c1-11-58-30-23-76-36(21-34(30)71-6)81-49-44(66)41(26(3)78-54(49)80-33-16-14-12-13-15-18-56(70)22-32(62)42(59-55(69)75-10)39(33)29(56)17-19-84-87-85-24-35(63)64)60-83-37-20-31(61)51(28(5)77-37)86-52(68)38-25(2)40(57)47(50(74-9)46(38)72-7)82-53-45(67)48(73-8)43(65)27(4)79-53/h12-13,17,26-28,30-31,33-34,36-37,41,43-45,48-49,51,53-54,58,60-61,65-67,70H,11,19-24H2,1-10H3,(H,59,69)(H,63,64)/b13-12-,29-17+/t26-,27+,28-,30+,31+,33+,34+,36+,37+,41-,43+,44+,45-,48-,49-,51-,53+,54+,56+/m1/s1. The number of carboxylic acids is 1. The van der Waals surface area contributed by atoms with E-state index in [1.807, 2.05) is 29.5 Å². The van der Waals surface area contributed by atoms with E-state index < -0.39 is 139 Å². The number of hydrogen-bond acceptors (Lipinski definition) is 28. The third-order valence-corrected chi connectivity index (χ3v) is 21.5. The molecule has 0 saturated carbocycles. The van der Waals surface area contributed by atoms with Gasteiger partial charge in [0.15, 0.2) is 41.8 Å². The summed E-state index contributed by atoms with van der Waals surface area (Å²) in [6.07, 6.45) is -14.7. The maximum Gasteiger partial charge on any atom is 0.411 e. The van der Waals surface area contributed by atoms with Crippen molar-refractivity contribution in [2.24, 2.45) is 0 Å². The van der Waals surface area contributed by atoms with E-state index >= 15 is 0 Å². The highest BCUT2D eigenvalue weighted by atomic mass is 127. The lowest BCUT2D eigenvalue weighted by atomic mass is 9.75. The number of allylic oxidation sites excluding steroid dienone is 3. The van der Waals surface area contributed by atoms with Crippen molar-refractivity contribution in [1.29, 1.82) is 0 Å². The van der Waals surface area contributed by atoms with Gasteiger partial charge in [0, 0.05) is 44.0 Å². The van der Waals surface area contributed by atoms with Crippen LogP contribution in [0, 0.1) is 34.2 Å². The fourth-order valence-corrected chi connectivity index (χ4v) is 15.4. The number of halogens is 1. The number of thioether (sulfide) groups is 1. The molecule has 0 unspecified atom stereocenters. The number of Topliss-reactive ketones (excluding diaryl/α,β-unsaturated/α-hetero) is 1. The fraction of sp³-hybridized carbons (Fsp3) is 0.643. The first-order valence-electron chi connectivity index (χ1n) is 27.5. The highest BCUT2D eigenvalue weighted by molar-refractivity contribution is 14.1. The van der Waals surface area contributed by atoms with Crippen LogP contribution in [0.3, 0.4) is 0 Å². The molecule has 87 heavy (non-hydrogen) atoms. The second-order valence-electron chi connectivity index (χ2n) is 20.6. The number of aliphatic hydroxyl groups is 5. The zero-order valence-corrected chi connectivity index (χ0v) is 54.6. The summed E-state index contributed by atoms with van der Waals surface area (Å²) < 4.78 is 72.4. The fourth-order valence-electron chi connectivity index (χ4n) is 10.6. The number of alkyl carbamates (subject to hydrolysis) is 1. The third kappa shape index (κ3) is 17.0. The molecule has 4 saturated heterocycles. The lowest BCUT2D eigenvalue weighted by Gasteiger charge is -2.46. The van der Waals surface area contributed by atoms with Gasteiger partial charge in [0.25, 0.3) is 0 Å². The number of aliphatic hydroxyl groups excluding tert-OH is 4. The van der Waals surface area contributed by atoms with E-state index in [0.29, 0.717) is 15.7 Å². The van der Waals surface area contributed by atoms with Gasteiger partial charge in [-0.05, 0) is 84.4 Å². The first-order valence-corrected chi connectivity index (χ1v) is 33.3. The number of carboxylic acid groups (broad SMARTS) is 1.